The van der Waals surface area contributed by atoms with E-state index in [0.29, 0.717) is 0 Å². The largest absolute Gasteiger partial charge is 0.694 e. The van der Waals surface area contributed by atoms with Gasteiger partial charge in [0.15, 0.2) is 0 Å². The molecule has 2 atom stereocenters. The number of thiol groups is 1. The Kier molecular flexibility index (Phi) is 11.5. The third-order valence-corrected chi connectivity index (χ3v) is 3.74. The molecule has 0 saturated heterocycles. The van der Waals surface area contributed by atoms with E-state index in [9.17, 15) is 24.1 Å². The number of aliphatic hydroxyl groups is 1. The second-order valence-corrected chi connectivity index (χ2v) is 6.85. The summed E-state index contributed by atoms with van der Waals surface area (Å²) < 4.78 is 15.0. The van der Waals surface area contributed by atoms with E-state index < -0.39 is 25.7 Å². The summed E-state index contributed by atoms with van der Waals surface area (Å²) in [5.74, 6) is -1.21. The van der Waals surface area contributed by atoms with Gasteiger partial charge in [-0.05, 0) is 0 Å². The van der Waals surface area contributed by atoms with E-state index in [-0.39, 0.29) is 50.2 Å². The van der Waals surface area contributed by atoms with Crippen LogP contribution in [0.2, 0.25) is 0 Å². The van der Waals surface area contributed by atoms with E-state index in [0.717, 1.165) is 0 Å². The van der Waals surface area contributed by atoms with Crippen molar-refractivity contribution in [2.45, 2.75) is 26.4 Å². The smallest absolute Gasteiger partial charge is 0.383 e. The second kappa shape index (κ2) is 12.2. The van der Waals surface area contributed by atoms with E-state index in [1.54, 1.807) is 0 Å². The Hall–Kier alpha value is -1.26. The zero-order chi connectivity index (χ0) is 19.5. The Morgan fingerprint density at radius 3 is 2.20 bits per heavy atom. The lowest BCUT2D eigenvalue weighted by Gasteiger charge is -2.26. The van der Waals surface area contributed by atoms with Crippen LogP contribution in [0.3, 0.4) is 0 Å². The van der Waals surface area contributed by atoms with Crippen LogP contribution in [0.5, 0.6) is 0 Å². The average molecular weight is 398 g/mol. The Labute approximate surface area is 152 Å². The number of hydrogen-bond acceptors (Lipinski definition) is 7. The van der Waals surface area contributed by atoms with Gasteiger partial charge in [-0.15, -0.1) is 9.42 Å². The molecule has 0 aliphatic heterocycles. The van der Waals surface area contributed by atoms with Crippen LogP contribution < -0.4 is 16.0 Å². The Morgan fingerprint density at radius 2 is 1.68 bits per heavy atom. The lowest BCUT2D eigenvalue weighted by atomic mass is 9.87. The van der Waals surface area contributed by atoms with Gasteiger partial charge >= 0.3 is 8.25 Å². The predicted octanol–water partition coefficient (Wildman–Crippen LogP) is -1.29. The first-order valence-electron chi connectivity index (χ1n) is 7.49. The van der Waals surface area contributed by atoms with Gasteiger partial charge in [-0.25, -0.2) is 0 Å². The van der Waals surface area contributed by atoms with Gasteiger partial charge in [-0.2, -0.15) is 12.6 Å². The maximum absolute atomic E-state index is 11.8. The van der Waals surface area contributed by atoms with E-state index in [1.165, 1.54) is 13.8 Å². The van der Waals surface area contributed by atoms with Crippen molar-refractivity contribution >= 4 is 38.6 Å². The molecule has 0 fully saturated rings. The van der Waals surface area contributed by atoms with Crippen LogP contribution >= 0.6 is 20.9 Å². The van der Waals surface area contributed by atoms with Gasteiger partial charge in [0.1, 0.15) is 12.7 Å². The summed E-state index contributed by atoms with van der Waals surface area (Å²) >= 11 is 3.79. The molecule has 0 aromatic heterocycles. The second-order valence-electron chi connectivity index (χ2n) is 5.80. The molecule has 0 radical (unpaired) electrons. The predicted molar refractivity (Wildman–Crippen MR) is 93.1 cm³/mol. The quantitative estimate of drug-likeness (QED) is 0.136. The molecule has 10 nitrogen and oxygen atoms in total. The summed E-state index contributed by atoms with van der Waals surface area (Å²) in [4.78, 5) is 42.9. The normalized spacial score (nSPS) is 12.9. The molecule has 0 saturated carbocycles. The molecule has 0 heterocycles. The fourth-order valence-corrected chi connectivity index (χ4v) is 2.15. The molecule has 0 aliphatic carbocycles. The highest BCUT2D eigenvalue weighted by atomic mass is 32.1. The molecular formula is C13H25N3O7PS+. The molecule has 25 heavy (non-hydrogen) atoms. The zero-order valence-electron chi connectivity index (χ0n) is 14.2. The van der Waals surface area contributed by atoms with Crippen LogP contribution in [0.4, 0.5) is 0 Å². The summed E-state index contributed by atoms with van der Waals surface area (Å²) in [5, 5.41) is 17.4. The van der Waals surface area contributed by atoms with Gasteiger partial charge in [-0.1, -0.05) is 13.8 Å². The van der Waals surface area contributed by atoms with Gasteiger partial charge < -0.3 is 21.1 Å². The minimum Gasteiger partial charge on any atom is -0.383 e. The third-order valence-electron chi connectivity index (χ3n) is 3.10. The summed E-state index contributed by atoms with van der Waals surface area (Å²) in [5.41, 5.74) is -1.08. The van der Waals surface area contributed by atoms with Crippen molar-refractivity contribution in [3.63, 3.8) is 0 Å². The first-order valence-corrected chi connectivity index (χ1v) is 9.25. The molecule has 12 heteroatoms. The van der Waals surface area contributed by atoms with Gasteiger partial charge in [0, 0.05) is 36.0 Å². The van der Waals surface area contributed by atoms with E-state index in [1.807, 2.05) is 0 Å². The Balaban J connectivity index is 4.02. The molecule has 0 aliphatic rings. The molecule has 3 amide bonds. The van der Waals surface area contributed by atoms with Gasteiger partial charge in [0.2, 0.25) is 17.7 Å². The molecule has 5 N–H and O–H groups in total. The average Bonchev–Trinajstić information content (AvgIpc) is 2.55. The Morgan fingerprint density at radius 1 is 1.12 bits per heavy atom. The fourth-order valence-electron chi connectivity index (χ4n) is 1.60. The minimum absolute atomic E-state index is 0.00158. The third kappa shape index (κ3) is 11.1. The van der Waals surface area contributed by atoms with Crippen molar-refractivity contribution in [3.8, 4) is 0 Å². The van der Waals surface area contributed by atoms with Crippen molar-refractivity contribution in [1.82, 2.24) is 16.0 Å². The van der Waals surface area contributed by atoms with Crippen LogP contribution in [0.25, 0.3) is 0 Å². The van der Waals surface area contributed by atoms with E-state index in [2.05, 4.69) is 33.1 Å². The monoisotopic (exact) mass is 398 g/mol. The van der Waals surface area contributed by atoms with Crippen LogP contribution in [0.1, 0.15) is 20.3 Å². The molecule has 144 valence electrons. The number of nitrogens with one attached hydrogen (secondary N) is 3. The van der Waals surface area contributed by atoms with Gasteiger partial charge in [0.25, 0.3) is 0 Å². The molecule has 1 unspecified atom stereocenters. The highest BCUT2D eigenvalue weighted by Gasteiger charge is 2.36. The number of carbonyl (C=O) groups is 3. The number of amides is 3. The number of hydrogen-bond donors (Lipinski definition) is 6. The van der Waals surface area contributed by atoms with Crippen molar-refractivity contribution in [2.24, 2.45) is 5.41 Å². The van der Waals surface area contributed by atoms with E-state index in [4.69, 9.17) is 4.89 Å². The van der Waals surface area contributed by atoms with Crippen molar-refractivity contribution in [1.29, 1.82) is 0 Å². The molecule has 0 rings (SSSR count). The van der Waals surface area contributed by atoms with Crippen molar-refractivity contribution in [2.75, 3.05) is 32.0 Å². The SMILES string of the molecule is CC(C)(CO[P+](=O)O)[C@@H](O)C(=O)NCCC(=O)NCCNC(=O)CS. The van der Waals surface area contributed by atoms with Crippen molar-refractivity contribution < 1.29 is 33.5 Å². The topological polar surface area (TPSA) is 154 Å². The first-order chi connectivity index (χ1) is 11.6. The van der Waals surface area contributed by atoms with Crippen LogP contribution in [-0.2, 0) is 23.5 Å². The lowest BCUT2D eigenvalue weighted by Crippen LogP contribution is -2.46. The summed E-state index contributed by atoms with van der Waals surface area (Å²) in [7, 11) is -2.82. The summed E-state index contributed by atoms with van der Waals surface area (Å²) in [6.45, 7) is 3.25. The maximum Gasteiger partial charge on any atom is 0.694 e. The highest BCUT2D eigenvalue weighted by molar-refractivity contribution is 7.81. The first kappa shape index (κ1) is 23.7. The molecule has 0 bridgehead atoms. The van der Waals surface area contributed by atoms with Gasteiger partial charge in [0.05, 0.1) is 5.75 Å². The fraction of sp³-hybridized carbons (Fsp3) is 0.769. The molecule has 0 aromatic rings. The number of rotatable bonds is 12. The van der Waals surface area contributed by atoms with Crippen LogP contribution in [0.15, 0.2) is 0 Å². The standard InChI is InChI=1S/C13H24N3O7PS/c1-13(2,8-23-24(21)22)11(19)12(20)16-4-3-9(17)14-5-6-15-10(18)7-25/h11,19H,3-8H2,1-2H3,(H4-,14,15,16,17,18,20,21,22,25)/p+1/t11-/m0/s1. The van der Waals surface area contributed by atoms with Crippen LogP contribution in [-0.4, -0.2) is 65.8 Å². The summed E-state index contributed by atoms with van der Waals surface area (Å²) in [6, 6.07) is 0. The summed E-state index contributed by atoms with van der Waals surface area (Å²) in [6.07, 6.45) is -1.47. The Bertz CT molecular complexity index is 490. The highest BCUT2D eigenvalue weighted by Crippen LogP contribution is 2.26. The maximum atomic E-state index is 11.8. The van der Waals surface area contributed by atoms with Gasteiger partial charge in [-0.3, -0.25) is 14.4 Å². The number of aliphatic hydroxyl groups excluding tert-OH is 1. The number of carbonyl (C=O) groups excluding carboxylic acids is 3. The zero-order valence-corrected chi connectivity index (χ0v) is 15.9. The molecule has 0 aromatic carbocycles. The van der Waals surface area contributed by atoms with E-state index >= 15 is 0 Å². The lowest BCUT2D eigenvalue weighted by molar-refractivity contribution is -0.136. The minimum atomic E-state index is -2.82. The van der Waals surface area contributed by atoms with Crippen LogP contribution in [0, 0.1) is 5.41 Å². The van der Waals surface area contributed by atoms with Crippen molar-refractivity contribution in [3.05, 3.63) is 0 Å². The molecular weight excluding hydrogens is 373 g/mol. The molecule has 0 spiro atoms.